The van der Waals surface area contributed by atoms with Gasteiger partial charge in [-0.1, -0.05) is 37.5 Å². The third-order valence-electron chi connectivity index (χ3n) is 3.69. The summed E-state index contributed by atoms with van der Waals surface area (Å²) in [7, 11) is 0. The molecule has 2 N–H and O–H groups in total. The highest BCUT2D eigenvalue weighted by Crippen LogP contribution is 2.34. The first kappa shape index (κ1) is 13.4. The Balaban J connectivity index is 2.13. The van der Waals surface area contributed by atoms with Crippen molar-refractivity contribution in [1.29, 1.82) is 0 Å². The molecule has 0 aromatic heterocycles. The van der Waals surface area contributed by atoms with Crippen LogP contribution in [-0.4, -0.2) is 28.0 Å². The van der Waals surface area contributed by atoms with Crippen LogP contribution < -0.4 is 4.74 Å². The molecule has 1 aromatic carbocycles. The molecule has 3 nitrogen and oxygen atoms in total. The number of hydrogen-bond donors (Lipinski definition) is 2. The number of ether oxygens (including phenoxy) is 1. The zero-order chi connectivity index (χ0) is 13.0. The van der Waals surface area contributed by atoms with Gasteiger partial charge in [0.1, 0.15) is 11.4 Å². The average molecular weight is 250 g/mol. The number of para-hydroxylation sites is 1. The molecule has 1 fully saturated rings. The van der Waals surface area contributed by atoms with E-state index in [0.29, 0.717) is 18.6 Å². The average Bonchev–Trinajstić information content (AvgIpc) is 2.37. The predicted octanol–water partition coefficient (Wildman–Crippen LogP) is 2.51. The van der Waals surface area contributed by atoms with Crippen molar-refractivity contribution in [3.63, 3.8) is 0 Å². The molecule has 0 radical (unpaired) electrons. The summed E-state index contributed by atoms with van der Waals surface area (Å²) < 4.78 is 5.82. The summed E-state index contributed by atoms with van der Waals surface area (Å²) in [4.78, 5) is 0. The van der Waals surface area contributed by atoms with E-state index < -0.39 is 17.8 Å². The fraction of sp³-hybridized carbons (Fsp3) is 0.600. The minimum Gasteiger partial charge on any atom is -0.485 e. The highest BCUT2D eigenvalue weighted by Gasteiger charge is 2.42. The second-order valence-corrected chi connectivity index (χ2v) is 5.26. The van der Waals surface area contributed by atoms with Crippen LogP contribution in [0.25, 0.3) is 0 Å². The molecule has 100 valence electrons. The van der Waals surface area contributed by atoms with Crippen LogP contribution in [0.15, 0.2) is 30.3 Å². The summed E-state index contributed by atoms with van der Waals surface area (Å²) in [6.45, 7) is 1.68. The first-order chi connectivity index (χ1) is 8.62. The zero-order valence-electron chi connectivity index (χ0n) is 10.9. The van der Waals surface area contributed by atoms with Crippen LogP contribution in [0.4, 0.5) is 0 Å². The molecule has 1 aliphatic carbocycles. The van der Waals surface area contributed by atoms with Gasteiger partial charge in [-0.05, 0) is 31.9 Å². The number of benzene rings is 1. The Labute approximate surface area is 108 Å². The van der Waals surface area contributed by atoms with Gasteiger partial charge in [0.25, 0.3) is 0 Å². The van der Waals surface area contributed by atoms with E-state index in [1.807, 2.05) is 30.3 Å². The Morgan fingerprint density at radius 1 is 1.11 bits per heavy atom. The van der Waals surface area contributed by atoms with Gasteiger partial charge in [0, 0.05) is 0 Å². The Morgan fingerprint density at radius 3 is 2.28 bits per heavy atom. The topological polar surface area (TPSA) is 49.7 Å². The third kappa shape index (κ3) is 3.03. The van der Waals surface area contributed by atoms with Crippen molar-refractivity contribution in [2.24, 2.45) is 0 Å². The Morgan fingerprint density at radius 2 is 1.72 bits per heavy atom. The van der Waals surface area contributed by atoms with Crippen molar-refractivity contribution in [1.82, 2.24) is 0 Å². The van der Waals surface area contributed by atoms with Crippen LogP contribution in [0.1, 0.15) is 39.0 Å². The molecule has 2 rings (SSSR count). The van der Waals surface area contributed by atoms with Gasteiger partial charge in [-0.3, -0.25) is 0 Å². The molecule has 0 amide bonds. The Bertz CT molecular complexity index is 355. The Hall–Kier alpha value is -1.06. The smallest absolute Gasteiger partial charge is 0.153 e. The summed E-state index contributed by atoms with van der Waals surface area (Å²) in [5, 5.41) is 20.6. The van der Waals surface area contributed by atoms with E-state index in [1.54, 1.807) is 6.92 Å². The SMILES string of the molecule is CC(O)C(Oc1ccccc1)C1(O)CCCCC1. The van der Waals surface area contributed by atoms with Crippen molar-refractivity contribution < 1.29 is 14.9 Å². The molecule has 0 saturated heterocycles. The number of aliphatic hydroxyl groups is 2. The lowest BCUT2D eigenvalue weighted by Crippen LogP contribution is -2.52. The fourth-order valence-electron chi connectivity index (χ4n) is 2.75. The number of hydrogen-bond acceptors (Lipinski definition) is 3. The molecule has 0 spiro atoms. The van der Waals surface area contributed by atoms with E-state index >= 15 is 0 Å². The quantitative estimate of drug-likeness (QED) is 0.863. The molecule has 18 heavy (non-hydrogen) atoms. The molecular weight excluding hydrogens is 228 g/mol. The van der Waals surface area contributed by atoms with E-state index in [2.05, 4.69) is 0 Å². The molecule has 1 saturated carbocycles. The highest BCUT2D eigenvalue weighted by molar-refractivity contribution is 5.22. The first-order valence-corrected chi connectivity index (χ1v) is 6.74. The minimum atomic E-state index is -0.901. The fourth-order valence-corrected chi connectivity index (χ4v) is 2.75. The van der Waals surface area contributed by atoms with E-state index in [-0.39, 0.29) is 0 Å². The molecule has 2 unspecified atom stereocenters. The molecule has 0 bridgehead atoms. The van der Waals surface area contributed by atoms with E-state index in [0.717, 1.165) is 19.3 Å². The van der Waals surface area contributed by atoms with Gasteiger partial charge in [0.15, 0.2) is 6.10 Å². The van der Waals surface area contributed by atoms with Crippen LogP contribution >= 0.6 is 0 Å². The summed E-state index contributed by atoms with van der Waals surface area (Å²) in [6, 6.07) is 9.39. The lowest BCUT2D eigenvalue weighted by molar-refractivity contribution is -0.124. The molecule has 3 heteroatoms. The van der Waals surface area contributed by atoms with Crippen LogP contribution in [0.2, 0.25) is 0 Å². The summed E-state index contributed by atoms with van der Waals surface area (Å²) >= 11 is 0. The van der Waals surface area contributed by atoms with Crippen LogP contribution in [0, 0.1) is 0 Å². The first-order valence-electron chi connectivity index (χ1n) is 6.74. The number of rotatable bonds is 4. The van der Waals surface area contributed by atoms with E-state index in [1.165, 1.54) is 0 Å². The minimum absolute atomic E-state index is 0.555. The van der Waals surface area contributed by atoms with Crippen molar-refractivity contribution >= 4 is 0 Å². The molecule has 2 atom stereocenters. The monoisotopic (exact) mass is 250 g/mol. The van der Waals surface area contributed by atoms with E-state index in [4.69, 9.17) is 4.74 Å². The molecule has 0 aliphatic heterocycles. The van der Waals surface area contributed by atoms with Crippen molar-refractivity contribution in [2.45, 2.75) is 56.8 Å². The summed E-state index contributed by atoms with van der Waals surface area (Å²) in [5.41, 5.74) is -0.901. The van der Waals surface area contributed by atoms with Gasteiger partial charge in [-0.2, -0.15) is 0 Å². The zero-order valence-corrected chi connectivity index (χ0v) is 10.9. The molecule has 1 aliphatic rings. The van der Waals surface area contributed by atoms with Crippen LogP contribution in [0.3, 0.4) is 0 Å². The van der Waals surface area contributed by atoms with Gasteiger partial charge in [0.05, 0.1) is 6.10 Å². The van der Waals surface area contributed by atoms with Crippen LogP contribution in [0.5, 0.6) is 5.75 Å². The second kappa shape index (κ2) is 5.72. The van der Waals surface area contributed by atoms with Gasteiger partial charge in [-0.15, -0.1) is 0 Å². The maximum absolute atomic E-state index is 10.7. The summed E-state index contributed by atoms with van der Waals surface area (Å²) in [5.74, 6) is 0.697. The van der Waals surface area contributed by atoms with Gasteiger partial charge in [-0.25, -0.2) is 0 Å². The standard InChI is InChI=1S/C15H22O3/c1-12(16)14(15(17)10-6-3-7-11-15)18-13-8-4-2-5-9-13/h2,4-5,8-9,12,14,16-17H,3,6-7,10-11H2,1H3. The summed E-state index contributed by atoms with van der Waals surface area (Å²) in [6.07, 6.45) is 3.31. The van der Waals surface area contributed by atoms with Crippen LogP contribution in [-0.2, 0) is 0 Å². The van der Waals surface area contributed by atoms with Gasteiger partial charge >= 0.3 is 0 Å². The van der Waals surface area contributed by atoms with Crippen molar-refractivity contribution in [3.8, 4) is 5.75 Å². The van der Waals surface area contributed by atoms with Gasteiger partial charge < -0.3 is 14.9 Å². The Kier molecular flexibility index (Phi) is 4.25. The molecular formula is C15H22O3. The largest absolute Gasteiger partial charge is 0.485 e. The normalized spacial score (nSPS) is 22.2. The maximum atomic E-state index is 10.7. The third-order valence-corrected chi connectivity index (χ3v) is 3.69. The molecule has 0 heterocycles. The lowest BCUT2D eigenvalue weighted by Gasteiger charge is -2.40. The number of aliphatic hydroxyl groups excluding tert-OH is 1. The molecule has 1 aromatic rings. The van der Waals surface area contributed by atoms with Crippen molar-refractivity contribution in [3.05, 3.63) is 30.3 Å². The highest BCUT2D eigenvalue weighted by atomic mass is 16.5. The predicted molar refractivity (Wildman–Crippen MR) is 70.6 cm³/mol. The second-order valence-electron chi connectivity index (χ2n) is 5.26. The lowest BCUT2D eigenvalue weighted by atomic mass is 9.79. The van der Waals surface area contributed by atoms with Crippen molar-refractivity contribution in [2.75, 3.05) is 0 Å². The van der Waals surface area contributed by atoms with E-state index in [9.17, 15) is 10.2 Å². The van der Waals surface area contributed by atoms with Gasteiger partial charge in [0.2, 0.25) is 0 Å². The maximum Gasteiger partial charge on any atom is 0.153 e.